The van der Waals surface area contributed by atoms with Crippen molar-refractivity contribution in [3.8, 4) is 0 Å². The molecule has 0 radical (unpaired) electrons. The number of hydrogen-bond donors (Lipinski definition) is 2. The van der Waals surface area contributed by atoms with E-state index in [4.69, 9.17) is 5.73 Å². The van der Waals surface area contributed by atoms with Gasteiger partial charge in [0.05, 0.1) is 9.82 Å². The van der Waals surface area contributed by atoms with Crippen LogP contribution in [0.3, 0.4) is 0 Å². The summed E-state index contributed by atoms with van der Waals surface area (Å²) in [5, 5.41) is 10.8. The van der Waals surface area contributed by atoms with Crippen LogP contribution in [0.4, 0.5) is 11.4 Å². The molecule has 1 aliphatic rings. The monoisotopic (exact) mass is 313 g/mol. The van der Waals surface area contributed by atoms with Crippen molar-refractivity contribution in [2.45, 2.75) is 37.0 Å². The molecule has 0 aliphatic heterocycles. The normalized spacial score (nSPS) is 16.8. The number of hydrogen-bond acceptors (Lipinski definition) is 5. The van der Waals surface area contributed by atoms with Crippen LogP contribution in [0.2, 0.25) is 0 Å². The smallest absolute Gasteiger partial charge is 0.293 e. The molecule has 0 aromatic heterocycles. The van der Waals surface area contributed by atoms with Crippen LogP contribution in [0, 0.1) is 16.0 Å². The molecule has 1 aromatic rings. The number of nitrogens with two attached hydrogens (primary N) is 1. The molecule has 0 bridgehead atoms. The zero-order chi connectivity index (χ0) is 15.5. The van der Waals surface area contributed by atoms with Crippen LogP contribution in [0.1, 0.15) is 32.1 Å². The standard InChI is InChI=1S/C13H19N3O4S/c14-12-7-6-11(8-13(12)16(17)18)21(19,20)15-9-10-4-2-1-3-5-10/h6-8,10,15H,1-5,9,14H2. The topological polar surface area (TPSA) is 115 Å². The molecule has 0 heterocycles. The summed E-state index contributed by atoms with van der Waals surface area (Å²) in [6.07, 6.45) is 5.49. The Morgan fingerprint density at radius 2 is 1.95 bits per heavy atom. The third kappa shape index (κ3) is 3.92. The van der Waals surface area contributed by atoms with E-state index in [2.05, 4.69) is 4.72 Å². The van der Waals surface area contributed by atoms with E-state index in [1.54, 1.807) is 0 Å². The SMILES string of the molecule is Nc1ccc(S(=O)(=O)NCC2CCCCC2)cc1[N+](=O)[O-]. The lowest BCUT2D eigenvalue weighted by Crippen LogP contribution is -2.30. The molecule has 8 heteroatoms. The Labute approximate surface area is 123 Å². The van der Waals surface area contributed by atoms with Gasteiger partial charge in [0.15, 0.2) is 0 Å². The number of nitrogens with one attached hydrogen (secondary N) is 1. The second kappa shape index (κ2) is 6.40. The first-order valence-electron chi connectivity index (χ1n) is 6.94. The third-order valence-corrected chi connectivity index (χ3v) is 5.22. The summed E-state index contributed by atoms with van der Waals surface area (Å²) in [4.78, 5) is 10.0. The summed E-state index contributed by atoms with van der Waals surface area (Å²) in [5.41, 5.74) is 5.02. The highest BCUT2D eigenvalue weighted by molar-refractivity contribution is 7.89. The number of nitrogens with zero attached hydrogens (tertiary/aromatic N) is 1. The van der Waals surface area contributed by atoms with Crippen molar-refractivity contribution in [1.29, 1.82) is 0 Å². The van der Waals surface area contributed by atoms with Gasteiger partial charge in [-0.1, -0.05) is 19.3 Å². The number of nitrogen functional groups attached to an aromatic ring is 1. The van der Waals surface area contributed by atoms with Crippen LogP contribution in [0.25, 0.3) is 0 Å². The molecule has 0 amide bonds. The molecule has 7 nitrogen and oxygen atoms in total. The molecular weight excluding hydrogens is 294 g/mol. The van der Waals surface area contributed by atoms with Crippen LogP contribution in [-0.2, 0) is 10.0 Å². The zero-order valence-electron chi connectivity index (χ0n) is 11.6. The van der Waals surface area contributed by atoms with Crippen molar-refractivity contribution in [2.75, 3.05) is 12.3 Å². The van der Waals surface area contributed by atoms with Gasteiger partial charge in [-0.2, -0.15) is 0 Å². The molecule has 21 heavy (non-hydrogen) atoms. The minimum Gasteiger partial charge on any atom is -0.393 e. The predicted molar refractivity (Wildman–Crippen MR) is 79.3 cm³/mol. The first kappa shape index (κ1) is 15.7. The highest BCUT2D eigenvalue weighted by atomic mass is 32.2. The first-order chi connectivity index (χ1) is 9.90. The molecule has 0 saturated heterocycles. The summed E-state index contributed by atoms with van der Waals surface area (Å²) in [6.45, 7) is 0.376. The van der Waals surface area contributed by atoms with E-state index in [9.17, 15) is 18.5 Å². The van der Waals surface area contributed by atoms with Gasteiger partial charge in [0.1, 0.15) is 5.69 Å². The van der Waals surface area contributed by atoms with Crippen LogP contribution >= 0.6 is 0 Å². The number of nitro benzene ring substituents is 1. The van der Waals surface area contributed by atoms with Crippen molar-refractivity contribution in [1.82, 2.24) is 4.72 Å². The van der Waals surface area contributed by atoms with Gasteiger partial charge in [0.2, 0.25) is 10.0 Å². The third-order valence-electron chi connectivity index (χ3n) is 3.80. The maximum absolute atomic E-state index is 12.2. The molecule has 1 fully saturated rings. The molecular formula is C13H19N3O4S. The first-order valence-corrected chi connectivity index (χ1v) is 8.42. The maximum Gasteiger partial charge on any atom is 0.293 e. The summed E-state index contributed by atoms with van der Waals surface area (Å²) in [6, 6.07) is 3.53. The average Bonchev–Trinajstić information content (AvgIpc) is 2.46. The highest BCUT2D eigenvalue weighted by Crippen LogP contribution is 2.26. The van der Waals surface area contributed by atoms with Crippen LogP contribution in [0.15, 0.2) is 23.1 Å². The Bertz CT molecular complexity index is 624. The molecule has 0 atom stereocenters. The maximum atomic E-state index is 12.2. The Kier molecular flexibility index (Phi) is 4.79. The van der Waals surface area contributed by atoms with E-state index in [0.717, 1.165) is 31.7 Å². The van der Waals surface area contributed by atoms with E-state index in [1.807, 2.05) is 0 Å². The lowest BCUT2D eigenvalue weighted by molar-refractivity contribution is -0.384. The van der Waals surface area contributed by atoms with Crippen molar-refractivity contribution in [2.24, 2.45) is 5.92 Å². The number of benzene rings is 1. The molecule has 2 rings (SSSR count). The van der Waals surface area contributed by atoms with E-state index in [0.29, 0.717) is 12.5 Å². The Morgan fingerprint density at radius 1 is 1.29 bits per heavy atom. The van der Waals surface area contributed by atoms with Crippen molar-refractivity contribution < 1.29 is 13.3 Å². The van der Waals surface area contributed by atoms with Crippen LogP contribution in [0.5, 0.6) is 0 Å². The molecule has 3 N–H and O–H groups in total. The Balaban J connectivity index is 2.11. The molecule has 116 valence electrons. The van der Waals surface area contributed by atoms with Gasteiger partial charge in [0, 0.05) is 12.6 Å². The van der Waals surface area contributed by atoms with Crippen molar-refractivity contribution >= 4 is 21.4 Å². The summed E-state index contributed by atoms with van der Waals surface area (Å²) >= 11 is 0. The van der Waals surface area contributed by atoms with E-state index in [-0.39, 0.29) is 10.6 Å². The van der Waals surface area contributed by atoms with E-state index >= 15 is 0 Å². The predicted octanol–water partition coefficient (Wildman–Crippen LogP) is 2.04. The Hall–Kier alpha value is -1.67. The number of anilines is 1. The van der Waals surface area contributed by atoms with Crippen LogP contribution < -0.4 is 10.5 Å². The fourth-order valence-electron chi connectivity index (χ4n) is 2.55. The van der Waals surface area contributed by atoms with Gasteiger partial charge >= 0.3 is 0 Å². The molecule has 1 aliphatic carbocycles. The average molecular weight is 313 g/mol. The number of rotatable bonds is 5. The van der Waals surface area contributed by atoms with Gasteiger partial charge in [-0.05, 0) is 30.9 Å². The van der Waals surface area contributed by atoms with Gasteiger partial charge < -0.3 is 5.73 Å². The second-order valence-electron chi connectivity index (χ2n) is 5.33. The number of sulfonamides is 1. The fraction of sp³-hybridized carbons (Fsp3) is 0.538. The second-order valence-corrected chi connectivity index (χ2v) is 7.10. The lowest BCUT2D eigenvalue weighted by Gasteiger charge is -2.21. The van der Waals surface area contributed by atoms with Gasteiger partial charge in [-0.25, -0.2) is 13.1 Å². The fourth-order valence-corrected chi connectivity index (χ4v) is 3.69. The summed E-state index contributed by atoms with van der Waals surface area (Å²) < 4.78 is 26.9. The molecule has 0 unspecified atom stereocenters. The van der Waals surface area contributed by atoms with E-state index in [1.165, 1.54) is 18.6 Å². The van der Waals surface area contributed by atoms with Crippen LogP contribution in [-0.4, -0.2) is 19.9 Å². The van der Waals surface area contributed by atoms with Gasteiger partial charge in [0.25, 0.3) is 5.69 Å². The zero-order valence-corrected chi connectivity index (χ0v) is 12.4. The number of nitro groups is 1. The van der Waals surface area contributed by atoms with Gasteiger partial charge in [-0.15, -0.1) is 0 Å². The minimum atomic E-state index is -3.74. The van der Waals surface area contributed by atoms with E-state index < -0.39 is 20.6 Å². The quantitative estimate of drug-likeness (QED) is 0.490. The largest absolute Gasteiger partial charge is 0.393 e. The molecule has 1 aromatic carbocycles. The lowest BCUT2D eigenvalue weighted by atomic mass is 9.90. The van der Waals surface area contributed by atoms with Gasteiger partial charge in [-0.3, -0.25) is 10.1 Å². The highest BCUT2D eigenvalue weighted by Gasteiger charge is 2.22. The van der Waals surface area contributed by atoms with Crippen molar-refractivity contribution in [3.05, 3.63) is 28.3 Å². The molecule has 0 spiro atoms. The molecule has 1 saturated carbocycles. The summed E-state index contributed by atoms with van der Waals surface area (Å²) in [5.74, 6) is 0.345. The van der Waals surface area contributed by atoms with Crippen molar-refractivity contribution in [3.63, 3.8) is 0 Å². The Morgan fingerprint density at radius 3 is 2.57 bits per heavy atom. The minimum absolute atomic E-state index is 0.0498. The summed E-state index contributed by atoms with van der Waals surface area (Å²) in [7, 11) is -3.74.